The second-order valence-corrected chi connectivity index (χ2v) is 12.0. The number of ether oxygens (including phenoxy) is 1. The molecule has 1 saturated heterocycles. The van der Waals surface area contributed by atoms with E-state index in [1.54, 1.807) is 0 Å². The van der Waals surface area contributed by atoms with Crippen LogP contribution in [-0.2, 0) is 9.53 Å². The second-order valence-electron chi connectivity index (χ2n) is 4.24. The first-order valence-corrected chi connectivity index (χ1v) is 8.62. The lowest BCUT2D eigenvalue weighted by atomic mass is 10.2. The SMILES string of the molecule is C[Si](C)(C)[C@@H]1C(=O)O[C@H]1C(Cl)(Cl)Cl. The first-order valence-electron chi connectivity index (χ1n) is 3.91. The van der Waals surface area contributed by atoms with Gasteiger partial charge in [-0.1, -0.05) is 54.4 Å². The summed E-state index contributed by atoms with van der Waals surface area (Å²) in [7, 11) is -1.64. The Morgan fingerprint density at radius 1 is 1.31 bits per heavy atom. The number of halogens is 3. The molecule has 1 rings (SSSR count). The summed E-state index contributed by atoms with van der Waals surface area (Å²) in [6, 6.07) is 0. The highest BCUT2D eigenvalue weighted by Gasteiger charge is 2.58. The molecule has 0 aromatic carbocycles. The van der Waals surface area contributed by atoms with Crippen molar-refractivity contribution in [3.63, 3.8) is 0 Å². The van der Waals surface area contributed by atoms with Gasteiger partial charge >= 0.3 is 5.97 Å². The van der Waals surface area contributed by atoms with Gasteiger partial charge in [0.1, 0.15) is 0 Å². The minimum absolute atomic E-state index is 0.194. The lowest BCUT2D eigenvalue weighted by molar-refractivity contribution is -0.169. The number of rotatable bonds is 1. The monoisotopic (exact) mass is 260 g/mol. The highest BCUT2D eigenvalue weighted by Crippen LogP contribution is 2.48. The fourth-order valence-electron chi connectivity index (χ4n) is 1.38. The van der Waals surface area contributed by atoms with Crippen LogP contribution in [0, 0.1) is 0 Å². The van der Waals surface area contributed by atoms with Gasteiger partial charge in [-0.05, 0) is 0 Å². The van der Waals surface area contributed by atoms with Gasteiger partial charge in [0.15, 0.2) is 6.10 Å². The van der Waals surface area contributed by atoms with E-state index < -0.39 is 18.0 Å². The molecule has 0 saturated carbocycles. The average molecular weight is 262 g/mol. The molecule has 0 N–H and O–H groups in total. The van der Waals surface area contributed by atoms with Gasteiger partial charge in [0.25, 0.3) is 0 Å². The topological polar surface area (TPSA) is 26.3 Å². The van der Waals surface area contributed by atoms with E-state index in [0.29, 0.717) is 0 Å². The fraction of sp³-hybridized carbons (Fsp3) is 0.857. The molecule has 1 heterocycles. The van der Waals surface area contributed by atoms with E-state index in [1.807, 2.05) is 0 Å². The van der Waals surface area contributed by atoms with E-state index in [9.17, 15) is 4.79 Å². The molecule has 2 atom stereocenters. The van der Waals surface area contributed by atoms with Crippen molar-refractivity contribution < 1.29 is 9.53 Å². The van der Waals surface area contributed by atoms with Crippen molar-refractivity contribution in [1.82, 2.24) is 0 Å². The standard InChI is InChI=1S/C7H11Cl3O2Si/c1-13(2,3)4-5(7(8,9)10)12-6(4)11/h4-5H,1-3H3/t4-,5+/m0/s1. The third kappa shape index (κ3) is 2.32. The van der Waals surface area contributed by atoms with Crippen LogP contribution in [0.2, 0.25) is 25.2 Å². The summed E-state index contributed by atoms with van der Waals surface area (Å²) in [4.78, 5) is 11.2. The van der Waals surface area contributed by atoms with Crippen LogP contribution in [0.4, 0.5) is 0 Å². The molecule has 0 unspecified atom stereocenters. The van der Waals surface area contributed by atoms with Crippen LogP contribution in [0.25, 0.3) is 0 Å². The third-order valence-electron chi connectivity index (χ3n) is 2.06. The van der Waals surface area contributed by atoms with Crippen molar-refractivity contribution in [2.75, 3.05) is 0 Å². The molecule has 0 amide bonds. The smallest absolute Gasteiger partial charge is 0.310 e. The number of cyclic esters (lactones) is 1. The Morgan fingerprint density at radius 3 is 1.92 bits per heavy atom. The zero-order valence-electron chi connectivity index (χ0n) is 7.61. The van der Waals surface area contributed by atoms with E-state index in [-0.39, 0.29) is 11.5 Å². The zero-order valence-corrected chi connectivity index (χ0v) is 10.9. The van der Waals surface area contributed by atoms with Gasteiger partial charge in [0, 0.05) is 0 Å². The molecule has 13 heavy (non-hydrogen) atoms. The summed E-state index contributed by atoms with van der Waals surface area (Å²) in [5.74, 6) is -0.226. The number of esters is 1. The largest absolute Gasteiger partial charge is 0.457 e. The zero-order chi connectivity index (χ0) is 10.4. The van der Waals surface area contributed by atoms with E-state index >= 15 is 0 Å². The molecule has 1 aliphatic heterocycles. The van der Waals surface area contributed by atoms with Crippen LogP contribution in [0.3, 0.4) is 0 Å². The predicted molar refractivity (Wildman–Crippen MR) is 57.3 cm³/mol. The second kappa shape index (κ2) is 3.30. The molecule has 0 aromatic rings. The van der Waals surface area contributed by atoms with Gasteiger partial charge in [-0.15, -0.1) is 0 Å². The maximum absolute atomic E-state index is 11.2. The highest BCUT2D eigenvalue weighted by molar-refractivity contribution is 6.82. The van der Waals surface area contributed by atoms with Crippen LogP contribution in [0.15, 0.2) is 0 Å². The van der Waals surface area contributed by atoms with Gasteiger partial charge in [0.2, 0.25) is 3.79 Å². The molecule has 6 heteroatoms. The van der Waals surface area contributed by atoms with Crippen LogP contribution >= 0.6 is 34.8 Å². The molecule has 1 fully saturated rings. The van der Waals surface area contributed by atoms with Gasteiger partial charge in [-0.3, -0.25) is 4.79 Å². The van der Waals surface area contributed by atoms with E-state index in [0.717, 1.165) is 0 Å². The van der Waals surface area contributed by atoms with Crippen LogP contribution in [0.5, 0.6) is 0 Å². The first kappa shape index (κ1) is 11.6. The fourth-order valence-corrected chi connectivity index (χ4v) is 4.21. The Balaban J connectivity index is 2.79. The molecule has 0 spiro atoms. The molecular weight excluding hydrogens is 251 g/mol. The van der Waals surface area contributed by atoms with Gasteiger partial charge in [-0.25, -0.2) is 0 Å². The Hall–Kier alpha value is 0.557. The average Bonchev–Trinajstić information content (AvgIpc) is 1.75. The molecule has 0 aromatic heterocycles. The van der Waals surface area contributed by atoms with Gasteiger partial charge in [0.05, 0.1) is 13.6 Å². The number of hydrogen-bond donors (Lipinski definition) is 0. The highest BCUT2D eigenvalue weighted by atomic mass is 35.6. The molecule has 0 bridgehead atoms. The predicted octanol–water partition coefficient (Wildman–Crippen LogP) is 2.99. The third-order valence-corrected chi connectivity index (χ3v) is 5.11. The minimum Gasteiger partial charge on any atom is -0.457 e. The van der Waals surface area contributed by atoms with Crippen molar-refractivity contribution in [3.8, 4) is 0 Å². The maximum atomic E-state index is 11.2. The lowest BCUT2D eigenvalue weighted by Crippen LogP contribution is -2.57. The van der Waals surface area contributed by atoms with Gasteiger partial charge in [-0.2, -0.15) is 0 Å². The van der Waals surface area contributed by atoms with Crippen molar-refractivity contribution >= 4 is 48.8 Å². The summed E-state index contributed by atoms with van der Waals surface area (Å²) in [5.41, 5.74) is -0.194. The van der Waals surface area contributed by atoms with Crippen LogP contribution < -0.4 is 0 Å². The summed E-state index contributed by atoms with van der Waals surface area (Å²) in [6.45, 7) is 6.17. The number of carbonyl (C=O) groups excluding carboxylic acids is 1. The summed E-state index contributed by atoms with van der Waals surface area (Å²) < 4.78 is 3.36. The summed E-state index contributed by atoms with van der Waals surface area (Å²) in [5, 5.41) is 0. The Morgan fingerprint density at radius 2 is 1.77 bits per heavy atom. The minimum atomic E-state index is -1.64. The number of hydrogen-bond acceptors (Lipinski definition) is 2. The molecular formula is C7H11Cl3O2Si. The molecule has 2 nitrogen and oxygen atoms in total. The Bertz CT molecular complexity index is 231. The van der Waals surface area contributed by atoms with Crippen molar-refractivity contribution in [3.05, 3.63) is 0 Å². The Kier molecular flexibility index (Phi) is 2.95. The van der Waals surface area contributed by atoms with E-state index in [4.69, 9.17) is 39.5 Å². The van der Waals surface area contributed by atoms with Crippen molar-refractivity contribution in [1.29, 1.82) is 0 Å². The van der Waals surface area contributed by atoms with E-state index in [1.165, 1.54) is 0 Å². The number of alkyl halides is 3. The van der Waals surface area contributed by atoms with Crippen molar-refractivity contribution in [2.24, 2.45) is 0 Å². The normalized spacial score (nSPS) is 29.5. The van der Waals surface area contributed by atoms with Gasteiger partial charge < -0.3 is 4.74 Å². The van der Waals surface area contributed by atoms with Crippen LogP contribution in [0.1, 0.15) is 0 Å². The number of carbonyl (C=O) groups is 1. The van der Waals surface area contributed by atoms with Crippen molar-refractivity contribution in [2.45, 2.75) is 35.1 Å². The quantitative estimate of drug-likeness (QED) is 0.412. The maximum Gasteiger partial charge on any atom is 0.310 e. The molecule has 0 radical (unpaired) electrons. The summed E-state index contributed by atoms with van der Waals surface area (Å²) in [6.07, 6.45) is -0.559. The van der Waals surface area contributed by atoms with E-state index in [2.05, 4.69) is 19.6 Å². The van der Waals surface area contributed by atoms with Crippen LogP contribution in [-0.4, -0.2) is 23.9 Å². The lowest BCUT2D eigenvalue weighted by Gasteiger charge is -2.44. The Labute approximate surface area is 93.5 Å². The first-order chi connectivity index (χ1) is 5.64. The molecule has 0 aliphatic carbocycles. The summed E-state index contributed by atoms with van der Waals surface area (Å²) >= 11 is 17.0. The molecule has 1 aliphatic rings. The molecule has 76 valence electrons.